The molecule has 3 aromatic rings. The summed E-state index contributed by atoms with van der Waals surface area (Å²) in [6.45, 7) is 0. The molecule has 4 heteroatoms. The van der Waals surface area contributed by atoms with Crippen molar-refractivity contribution in [2.24, 2.45) is 0 Å². The van der Waals surface area contributed by atoms with Gasteiger partial charge in [-0.3, -0.25) is 4.98 Å². The number of alkyl halides is 1. The van der Waals surface area contributed by atoms with E-state index in [0.717, 1.165) is 17.4 Å². The van der Waals surface area contributed by atoms with Crippen LogP contribution < -0.4 is 0 Å². The summed E-state index contributed by atoms with van der Waals surface area (Å²) in [4.78, 5) is 8.06. The van der Waals surface area contributed by atoms with E-state index < -0.39 is 0 Å². The van der Waals surface area contributed by atoms with E-state index in [1.54, 1.807) is 12.4 Å². The minimum atomic E-state index is 0.982. The van der Waals surface area contributed by atoms with Gasteiger partial charge in [0, 0.05) is 35.8 Å². The molecule has 3 heterocycles. The van der Waals surface area contributed by atoms with Gasteiger partial charge in [0.1, 0.15) is 5.65 Å². The van der Waals surface area contributed by atoms with Gasteiger partial charge < -0.3 is 4.40 Å². The number of pyridine rings is 2. The van der Waals surface area contributed by atoms with Crippen LogP contribution in [0.5, 0.6) is 0 Å². The highest BCUT2D eigenvalue weighted by Gasteiger charge is 1.99. The van der Waals surface area contributed by atoms with Gasteiger partial charge in [-0.2, -0.15) is 0 Å². The molecule has 0 aliphatic rings. The van der Waals surface area contributed by atoms with Gasteiger partial charge in [-0.1, -0.05) is 28.1 Å². The maximum atomic E-state index is 4.28. The molecule has 0 spiro atoms. The zero-order chi connectivity index (χ0) is 12.6. The normalized spacial score (nSPS) is 9.83. The lowest BCUT2D eigenvalue weighted by atomic mass is 10.3. The Morgan fingerprint density at radius 3 is 2.50 bits per heavy atom. The van der Waals surface area contributed by atoms with Gasteiger partial charge in [0.15, 0.2) is 0 Å². The summed E-state index contributed by atoms with van der Waals surface area (Å²) in [5.41, 5.74) is 2.27. The number of rotatable bonds is 2. The molecule has 3 nitrogen and oxygen atoms in total. The molecule has 0 fully saturated rings. The molecule has 0 unspecified atom stereocenters. The van der Waals surface area contributed by atoms with Gasteiger partial charge in [0.25, 0.3) is 0 Å². The largest absolute Gasteiger partial charge is 0.304 e. The van der Waals surface area contributed by atoms with Crippen molar-refractivity contribution in [1.29, 1.82) is 0 Å². The highest BCUT2D eigenvalue weighted by Crippen LogP contribution is 2.07. The second kappa shape index (κ2) is 6.91. The Bertz CT molecular complexity index is 551. The lowest BCUT2D eigenvalue weighted by Gasteiger charge is -1.96. The van der Waals surface area contributed by atoms with E-state index in [-0.39, 0.29) is 0 Å². The maximum absolute atomic E-state index is 4.28. The number of imidazole rings is 1. The molecule has 18 heavy (non-hydrogen) atoms. The number of hydrogen-bond acceptors (Lipinski definition) is 2. The Labute approximate surface area is 115 Å². The number of fused-ring (bicyclic) bond motifs is 1. The van der Waals surface area contributed by atoms with Crippen LogP contribution in [0.3, 0.4) is 0 Å². The first-order valence-corrected chi connectivity index (χ1v) is 6.86. The molecule has 0 atom stereocenters. The Kier molecular flexibility index (Phi) is 4.90. The molecule has 3 rings (SSSR count). The zero-order valence-corrected chi connectivity index (χ0v) is 11.5. The van der Waals surface area contributed by atoms with Crippen LogP contribution in [0.25, 0.3) is 5.65 Å². The first-order valence-electron chi connectivity index (χ1n) is 5.74. The fourth-order valence-electron chi connectivity index (χ4n) is 1.58. The van der Waals surface area contributed by atoms with Crippen LogP contribution in [0.15, 0.2) is 61.2 Å². The monoisotopic (exact) mass is 303 g/mol. The quantitative estimate of drug-likeness (QED) is 0.680. The van der Waals surface area contributed by atoms with Crippen molar-refractivity contribution in [3.63, 3.8) is 0 Å². The van der Waals surface area contributed by atoms with E-state index in [1.165, 1.54) is 5.69 Å². The topological polar surface area (TPSA) is 30.2 Å². The predicted molar refractivity (Wildman–Crippen MR) is 76.9 cm³/mol. The van der Waals surface area contributed by atoms with E-state index in [2.05, 4.69) is 30.3 Å². The summed E-state index contributed by atoms with van der Waals surface area (Å²) in [5, 5.41) is 0.982. The Hall–Kier alpha value is -1.68. The molecule has 0 radical (unpaired) electrons. The number of aryl methyl sites for hydroxylation is 1. The number of halogens is 1. The second-order valence-electron chi connectivity index (χ2n) is 3.64. The van der Waals surface area contributed by atoms with Crippen molar-refractivity contribution in [2.45, 2.75) is 6.42 Å². The fourth-order valence-corrected chi connectivity index (χ4v) is 1.99. The van der Waals surface area contributed by atoms with Crippen LogP contribution in [-0.4, -0.2) is 19.7 Å². The molecule has 0 bridgehead atoms. The average Bonchev–Trinajstić information content (AvgIpc) is 2.86. The first-order chi connectivity index (χ1) is 8.92. The number of hydrogen-bond donors (Lipinski definition) is 0. The Morgan fingerprint density at radius 1 is 1.06 bits per heavy atom. The van der Waals surface area contributed by atoms with E-state index in [1.807, 2.05) is 48.8 Å². The van der Waals surface area contributed by atoms with Crippen molar-refractivity contribution in [3.05, 3.63) is 66.9 Å². The molecule has 0 aromatic carbocycles. The van der Waals surface area contributed by atoms with Crippen LogP contribution in [0, 0.1) is 0 Å². The molecular formula is C14H14BrN3. The van der Waals surface area contributed by atoms with Crippen molar-refractivity contribution in [2.75, 3.05) is 5.33 Å². The summed E-state index contributed by atoms with van der Waals surface area (Å²) < 4.78 is 2.11. The SMILES string of the molecule is BrCCc1cnc2ccccn12.c1ccncc1. The smallest absolute Gasteiger partial charge is 0.136 e. The second-order valence-corrected chi connectivity index (χ2v) is 4.43. The summed E-state index contributed by atoms with van der Waals surface area (Å²) in [6.07, 6.45) is 8.49. The van der Waals surface area contributed by atoms with Gasteiger partial charge in [-0.15, -0.1) is 0 Å². The molecule has 0 amide bonds. The molecule has 0 saturated carbocycles. The minimum Gasteiger partial charge on any atom is -0.304 e. The Morgan fingerprint density at radius 2 is 1.89 bits per heavy atom. The third-order valence-electron chi connectivity index (χ3n) is 2.41. The van der Waals surface area contributed by atoms with Gasteiger partial charge in [-0.25, -0.2) is 4.98 Å². The lowest BCUT2D eigenvalue weighted by molar-refractivity contribution is 1.01. The van der Waals surface area contributed by atoms with Crippen LogP contribution in [0.4, 0.5) is 0 Å². The third-order valence-corrected chi connectivity index (χ3v) is 2.81. The molecule has 0 N–H and O–H groups in total. The van der Waals surface area contributed by atoms with Crippen LogP contribution >= 0.6 is 15.9 Å². The molecular weight excluding hydrogens is 290 g/mol. The third kappa shape index (κ3) is 3.40. The van der Waals surface area contributed by atoms with Crippen LogP contribution in [-0.2, 0) is 6.42 Å². The maximum Gasteiger partial charge on any atom is 0.136 e. The number of nitrogens with zero attached hydrogens (tertiary/aromatic N) is 3. The highest BCUT2D eigenvalue weighted by molar-refractivity contribution is 9.09. The molecule has 92 valence electrons. The van der Waals surface area contributed by atoms with E-state index in [4.69, 9.17) is 0 Å². The van der Waals surface area contributed by atoms with Crippen molar-refractivity contribution >= 4 is 21.6 Å². The highest BCUT2D eigenvalue weighted by atomic mass is 79.9. The number of aromatic nitrogens is 3. The van der Waals surface area contributed by atoms with Crippen LogP contribution in [0.2, 0.25) is 0 Å². The van der Waals surface area contributed by atoms with Gasteiger partial charge in [0.2, 0.25) is 0 Å². The van der Waals surface area contributed by atoms with Crippen molar-refractivity contribution in [3.8, 4) is 0 Å². The summed E-state index contributed by atoms with van der Waals surface area (Å²) in [5.74, 6) is 0. The standard InChI is InChI=1S/C9H9BrN2.C5H5N/c10-5-4-8-7-11-9-3-1-2-6-12(8)9;1-2-4-6-5-3-1/h1-3,6-7H,4-5H2;1-5H. The van der Waals surface area contributed by atoms with Crippen molar-refractivity contribution < 1.29 is 0 Å². The lowest BCUT2D eigenvalue weighted by Crippen LogP contribution is -1.92. The molecule has 0 aliphatic heterocycles. The summed E-state index contributed by atoms with van der Waals surface area (Å²) in [7, 11) is 0. The van der Waals surface area contributed by atoms with E-state index in [0.29, 0.717) is 0 Å². The zero-order valence-electron chi connectivity index (χ0n) is 9.91. The Balaban J connectivity index is 0.000000169. The van der Waals surface area contributed by atoms with E-state index >= 15 is 0 Å². The van der Waals surface area contributed by atoms with Gasteiger partial charge in [0.05, 0.1) is 0 Å². The summed E-state index contributed by atoms with van der Waals surface area (Å²) in [6, 6.07) is 11.7. The molecule has 3 aromatic heterocycles. The first kappa shape index (κ1) is 12.8. The van der Waals surface area contributed by atoms with Gasteiger partial charge in [-0.05, 0) is 30.7 Å². The van der Waals surface area contributed by atoms with Crippen LogP contribution in [0.1, 0.15) is 5.69 Å². The molecule has 0 saturated heterocycles. The summed E-state index contributed by atoms with van der Waals surface area (Å²) >= 11 is 3.42. The average molecular weight is 304 g/mol. The van der Waals surface area contributed by atoms with E-state index in [9.17, 15) is 0 Å². The van der Waals surface area contributed by atoms with Crippen molar-refractivity contribution in [1.82, 2.24) is 14.4 Å². The van der Waals surface area contributed by atoms with Gasteiger partial charge >= 0.3 is 0 Å². The molecule has 0 aliphatic carbocycles. The minimum absolute atomic E-state index is 0.982. The fraction of sp³-hybridized carbons (Fsp3) is 0.143. The predicted octanol–water partition coefficient (Wildman–Crippen LogP) is 3.35.